The summed E-state index contributed by atoms with van der Waals surface area (Å²) in [6.07, 6.45) is 0. The minimum absolute atomic E-state index is 0.0658. The molecule has 0 unspecified atom stereocenters. The maximum atomic E-state index is 13.9. The predicted octanol–water partition coefficient (Wildman–Crippen LogP) is 1.29. The van der Waals surface area contributed by atoms with Gasteiger partial charge in [-0.1, -0.05) is 0 Å². The number of nitrogens with zero attached hydrogens (tertiary/aromatic N) is 1. The van der Waals surface area contributed by atoms with Crippen LogP contribution in [0.25, 0.3) is 0 Å². The van der Waals surface area contributed by atoms with E-state index in [-0.39, 0.29) is 10.5 Å². The molecule has 0 bridgehead atoms. The van der Waals surface area contributed by atoms with Crippen LogP contribution in [0.2, 0.25) is 0 Å². The van der Waals surface area contributed by atoms with E-state index in [9.17, 15) is 26.8 Å². The van der Waals surface area contributed by atoms with Gasteiger partial charge in [-0.05, 0) is 42.5 Å². The average Bonchev–Trinajstić information content (AvgIpc) is 2.60. The Bertz CT molecular complexity index is 944. The predicted molar refractivity (Wildman–Crippen MR) is 88.6 cm³/mol. The van der Waals surface area contributed by atoms with Crippen molar-refractivity contribution in [3.8, 4) is 0 Å². The zero-order valence-electron chi connectivity index (χ0n) is 13.8. The maximum absolute atomic E-state index is 13.9. The Morgan fingerprint density at radius 1 is 0.923 bits per heavy atom. The number of carbonyl (C=O) groups is 2. The van der Waals surface area contributed by atoms with E-state index in [4.69, 9.17) is 0 Å². The van der Waals surface area contributed by atoms with Crippen molar-refractivity contribution in [2.45, 2.75) is 4.90 Å². The highest BCUT2D eigenvalue weighted by Gasteiger charge is 2.21. The maximum Gasteiger partial charge on any atom is 0.272 e. The lowest BCUT2D eigenvalue weighted by molar-refractivity contribution is 0.0844. The second-order valence-electron chi connectivity index (χ2n) is 5.34. The summed E-state index contributed by atoms with van der Waals surface area (Å²) in [5.74, 6) is -3.30. The number of amides is 2. The third-order valence-electron chi connectivity index (χ3n) is 3.36. The molecule has 0 aliphatic rings. The summed E-state index contributed by atoms with van der Waals surface area (Å²) < 4.78 is 51.8. The van der Waals surface area contributed by atoms with Gasteiger partial charge in [0.1, 0.15) is 11.6 Å². The Labute approximate surface area is 148 Å². The summed E-state index contributed by atoms with van der Waals surface area (Å²) in [5.41, 5.74) is 3.52. The molecule has 2 aromatic rings. The van der Waals surface area contributed by atoms with E-state index in [0.717, 1.165) is 34.6 Å². The lowest BCUT2D eigenvalue weighted by Crippen LogP contribution is -2.42. The molecule has 0 aliphatic carbocycles. The van der Waals surface area contributed by atoms with Crippen LogP contribution in [0.1, 0.15) is 20.7 Å². The SMILES string of the molecule is CN(C)S(=O)(=O)c1ccc(F)c(C(=O)NNC(=O)c2ccc(F)cc2)c1. The molecule has 2 rings (SSSR count). The van der Waals surface area contributed by atoms with Gasteiger partial charge in [0, 0.05) is 19.7 Å². The fraction of sp³-hybridized carbons (Fsp3) is 0.125. The Balaban J connectivity index is 2.17. The number of carbonyl (C=O) groups excluding carboxylic acids is 2. The smallest absolute Gasteiger partial charge is 0.267 e. The number of halogens is 2. The average molecular weight is 383 g/mol. The van der Waals surface area contributed by atoms with Gasteiger partial charge < -0.3 is 0 Å². The Morgan fingerprint density at radius 2 is 1.50 bits per heavy atom. The van der Waals surface area contributed by atoms with Crippen molar-refractivity contribution >= 4 is 21.8 Å². The Morgan fingerprint density at radius 3 is 2.08 bits per heavy atom. The number of benzene rings is 2. The minimum Gasteiger partial charge on any atom is -0.267 e. The van der Waals surface area contributed by atoms with Crippen LogP contribution >= 0.6 is 0 Å². The summed E-state index contributed by atoms with van der Waals surface area (Å²) in [6, 6.07) is 7.25. The molecule has 0 spiro atoms. The molecule has 26 heavy (non-hydrogen) atoms. The number of rotatable bonds is 4. The number of hydrogen-bond acceptors (Lipinski definition) is 4. The molecule has 10 heteroatoms. The van der Waals surface area contributed by atoms with Gasteiger partial charge in [0.05, 0.1) is 10.5 Å². The summed E-state index contributed by atoms with van der Waals surface area (Å²) in [6.45, 7) is 0. The van der Waals surface area contributed by atoms with E-state index < -0.39 is 39.0 Å². The van der Waals surface area contributed by atoms with E-state index in [2.05, 4.69) is 0 Å². The topological polar surface area (TPSA) is 95.6 Å². The summed E-state index contributed by atoms with van der Waals surface area (Å²) in [4.78, 5) is 23.6. The highest BCUT2D eigenvalue weighted by molar-refractivity contribution is 7.89. The van der Waals surface area contributed by atoms with Crippen LogP contribution in [0.5, 0.6) is 0 Å². The molecule has 2 aromatic carbocycles. The Hall–Kier alpha value is -2.85. The highest BCUT2D eigenvalue weighted by Crippen LogP contribution is 2.17. The van der Waals surface area contributed by atoms with Crippen LogP contribution in [-0.2, 0) is 10.0 Å². The van der Waals surface area contributed by atoms with Crippen LogP contribution in [-0.4, -0.2) is 38.6 Å². The lowest BCUT2D eigenvalue weighted by atomic mass is 10.2. The molecular formula is C16H15F2N3O4S. The first-order valence-corrected chi connectivity index (χ1v) is 8.65. The molecule has 0 aromatic heterocycles. The number of nitrogens with one attached hydrogen (secondary N) is 2. The van der Waals surface area contributed by atoms with Gasteiger partial charge in [-0.25, -0.2) is 21.5 Å². The van der Waals surface area contributed by atoms with Gasteiger partial charge in [-0.2, -0.15) is 0 Å². The van der Waals surface area contributed by atoms with E-state index in [1.54, 1.807) is 0 Å². The number of sulfonamides is 1. The second-order valence-corrected chi connectivity index (χ2v) is 7.50. The fourth-order valence-electron chi connectivity index (χ4n) is 1.90. The van der Waals surface area contributed by atoms with Crippen LogP contribution < -0.4 is 10.9 Å². The molecule has 0 atom stereocenters. The van der Waals surface area contributed by atoms with E-state index in [0.29, 0.717) is 0 Å². The fourth-order valence-corrected chi connectivity index (χ4v) is 2.83. The number of hydrazine groups is 1. The first kappa shape index (κ1) is 19.5. The molecule has 138 valence electrons. The monoisotopic (exact) mass is 383 g/mol. The zero-order chi connectivity index (χ0) is 19.5. The quantitative estimate of drug-likeness (QED) is 0.778. The van der Waals surface area contributed by atoms with Gasteiger partial charge >= 0.3 is 0 Å². The normalized spacial score (nSPS) is 11.3. The molecule has 7 nitrogen and oxygen atoms in total. The summed E-state index contributed by atoms with van der Waals surface area (Å²) in [7, 11) is -1.28. The second kappa shape index (κ2) is 7.58. The third-order valence-corrected chi connectivity index (χ3v) is 5.17. The summed E-state index contributed by atoms with van der Waals surface area (Å²) >= 11 is 0. The molecule has 0 fully saturated rings. The van der Waals surface area contributed by atoms with Crippen LogP contribution in [0.3, 0.4) is 0 Å². The van der Waals surface area contributed by atoms with E-state index in [1.165, 1.54) is 26.2 Å². The molecule has 0 saturated carbocycles. The molecule has 0 aliphatic heterocycles. The molecule has 0 radical (unpaired) electrons. The van der Waals surface area contributed by atoms with Crippen molar-refractivity contribution in [3.63, 3.8) is 0 Å². The Kier molecular flexibility index (Phi) is 5.68. The zero-order valence-corrected chi connectivity index (χ0v) is 14.6. The van der Waals surface area contributed by atoms with Crippen molar-refractivity contribution in [2.24, 2.45) is 0 Å². The summed E-state index contributed by atoms with van der Waals surface area (Å²) in [5, 5.41) is 0. The first-order valence-electron chi connectivity index (χ1n) is 7.21. The number of hydrogen-bond donors (Lipinski definition) is 2. The van der Waals surface area contributed by atoms with Crippen LogP contribution in [0.4, 0.5) is 8.78 Å². The molecule has 2 N–H and O–H groups in total. The van der Waals surface area contributed by atoms with Crippen molar-refractivity contribution in [1.82, 2.24) is 15.2 Å². The third kappa shape index (κ3) is 4.21. The van der Waals surface area contributed by atoms with Crippen molar-refractivity contribution in [1.29, 1.82) is 0 Å². The molecule has 0 heterocycles. The van der Waals surface area contributed by atoms with Gasteiger partial charge in [-0.15, -0.1) is 0 Å². The van der Waals surface area contributed by atoms with Crippen molar-refractivity contribution < 1.29 is 26.8 Å². The van der Waals surface area contributed by atoms with Crippen LogP contribution in [0, 0.1) is 11.6 Å². The molecule has 0 saturated heterocycles. The van der Waals surface area contributed by atoms with Crippen LogP contribution in [0.15, 0.2) is 47.4 Å². The van der Waals surface area contributed by atoms with Gasteiger partial charge in [0.15, 0.2) is 0 Å². The molecular weight excluding hydrogens is 368 g/mol. The van der Waals surface area contributed by atoms with Gasteiger partial charge in [0.2, 0.25) is 10.0 Å². The van der Waals surface area contributed by atoms with Crippen molar-refractivity contribution in [3.05, 3.63) is 65.2 Å². The highest BCUT2D eigenvalue weighted by atomic mass is 32.2. The van der Waals surface area contributed by atoms with Gasteiger partial charge in [-0.3, -0.25) is 20.4 Å². The minimum atomic E-state index is -3.86. The van der Waals surface area contributed by atoms with E-state index in [1.807, 2.05) is 10.9 Å². The standard InChI is InChI=1S/C16H15F2N3O4S/c1-21(2)26(24,25)12-7-8-14(18)13(9-12)16(23)20-19-15(22)10-3-5-11(17)6-4-10/h3-9H,1-2H3,(H,19,22)(H,20,23). The molecule has 2 amide bonds. The first-order chi connectivity index (χ1) is 12.1. The largest absolute Gasteiger partial charge is 0.272 e. The van der Waals surface area contributed by atoms with Crippen molar-refractivity contribution in [2.75, 3.05) is 14.1 Å². The van der Waals surface area contributed by atoms with E-state index >= 15 is 0 Å². The lowest BCUT2D eigenvalue weighted by Gasteiger charge is -2.13. The van der Waals surface area contributed by atoms with Gasteiger partial charge in [0.25, 0.3) is 11.8 Å².